The fraction of sp³-hybridized carbons (Fsp3) is 0.182. The molecule has 3 aromatic rings. The maximum atomic E-state index is 12.2. The highest BCUT2D eigenvalue weighted by Crippen LogP contribution is 2.26. The van der Waals surface area contributed by atoms with Gasteiger partial charge in [-0.15, -0.1) is 0 Å². The number of rotatable bonds is 5. The first-order valence-corrected chi connectivity index (χ1v) is 9.24. The van der Waals surface area contributed by atoms with Gasteiger partial charge in [-0.2, -0.15) is 0 Å². The quantitative estimate of drug-likeness (QED) is 0.459. The third-order valence-corrected chi connectivity index (χ3v) is 5.03. The monoisotopic (exact) mass is 391 g/mol. The molecule has 7 heteroatoms. The molecule has 0 bridgehead atoms. The molecular formula is C22H21N3O4. The summed E-state index contributed by atoms with van der Waals surface area (Å²) in [6.45, 7) is 2.07. The van der Waals surface area contributed by atoms with Crippen molar-refractivity contribution in [1.29, 1.82) is 0 Å². The number of carbonyl (C=O) groups excluding carboxylic acids is 2. The summed E-state index contributed by atoms with van der Waals surface area (Å²) in [6, 6.07) is 21.1. The predicted octanol–water partition coefficient (Wildman–Crippen LogP) is 3.42. The summed E-state index contributed by atoms with van der Waals surface area (Å²) >= 11 is 0. The van der Waals surface area contributed by atoms with Crippen molar-refractivity contribution < 1.29 is 19.5 Å². The second kappa shape index (κ2) is 7.44. The van der Waals surface area contributed by atoms with Gasteiger partial charge < -0.3 is 15.0 Å². The van der Waals surface area contributed by atoms with Gasteiger partial charge in [-0.05, 0) is 47.5 Å². The van der Waals surface area contributed by atoms with Crippen molar-refractivity contribution in [2.75, 3.05) is 6.54 Å². The molecule has 148 valence electrons. The molecule has 0 saturated carbocycles. The minimum Gasteiger partial charge on any atom is -0.457 e. The van der Waals surface area contributed by atoms with Crippen molar-refractivity contribution in [3.05, 3.63) is 72.3 Å². The summed E-state index contributed by atoms with van der Waals surface area (Å²) in [4.78, 5) is 25.4. The summed E-state index contributed by atoms with van der Waals surface area (Å²) in [7, 11) is 0. The second-order valence-corrected chi connectivity index (χ2v) is 7.31. The van der Waals surface area contributed by atoms with Crippen LogP contribution in [0.4, 0.5) is 4.79 Å². The number of hydrogen-bond donors (Lipinski definition) is 3. The summed E-state index contributed by atoms with van der Waals surface area (Å²) < 4.78 is 5.94. The molecule has 7 nitrogen and oxygen atoms in total. The van der Waals surface area contributed by atoms with E-state index in [0.29, 0.717) is 12.3 Å². The molecule has 0 spiro atoms. The molecule has 1 atom stereocenters. The van der Waals surface area contributed by atoms with Crippen LogP contribution in [-0.2, 0) is 11.3 Å². The molecule has 0 radical (unpaired) electrons. The number of nitrogens with one attached hydrogen (secondary N) is 2. The first kappa shape index (κ1) is 18.8. The topological polar surface area (TPSA) is 90.9 Å². The Morgan fingerprint density at radius 1 is 1.10 bits per heavy atom. The minimum absolute atomic E-state index is 0.160. The Morgan fingerprint density at radius 2 is 1.79 bits per heavy atom. The van der Waals surface area contributed by atoms with Crippen LogP contribution in [0.2, 0.25) is 0 Å². The average molecular weight is 391 g/mol. The lowest BCUT2D eigenvalue weighted by Crippen LogP contribution is -2.53. The fourth-order valence-corrected chi connectivity index (χ4v) is 3.44. The van der Waals surface area contributed by atoms with Gasteiger partial charge in [-0.3, -0.25) is 10.0 Å². The third kappa shape index (κ3) is 3.86. The minimum atomic E-state index is -1.16. The maximum Gasteiger partial charge on any atom is 0.318 e. The number of benzene rings is 3. The number of fused-ring (bicyclic) bond motifs is 1. The molecule has 1 aliphatic heterocycles. The van der Waals surface area contributed by atoms with Gasteiger partial charge >= 0.3 is 6.03 Å². The second-order valence-electron chi connectivity index (χ2n) is 7.31. The molecule has 1 fully saturated rings. The standard InChI is InChI=1S/C22H21N3O4/c1-22(20(26)24-28)14-25(21(27)23-22)13-15-6-9-18(10-7-15)29-19-11-8-16-4-2-3-5-17(16)12-19/h2-12,28H,13-14H2,1H3,(H,23,27)(H,24,26). The smallest absolute Gasteiger partial charge is 0.318 e. The van der Waals surface area contributed by atoms with E-state index in [0.717, 1.165) is 22.1 Å². The van der Waals surface area contributed by atoms with Crippen LogP contribution in [0.1, 0.15) is 12.5 Å². The van der Waals surface area contributed by atoms with Crippen molar-refractivity contribution in [3.63, 3.8) is 0 Å². The van der Waals surface area contributed by atoms with Crippen molar-refractivity contribution in [2.45, 2.75) is 19.0 Å². The van der Waals surface area contributed by atoms with Gasteiger partial charge in [0.15, 0.2) is 0 Å². The van der Waals surface area contributed by atoms with Gasteiger partial charge in [0.2, 0.25) is 0 Å². The Bertz CT molecular complexity index is 1070. The number of nitrogens with zero attached hydrogens (tertiary/aromatic N) is 1. The number of urea groups is 1. The number of ether oxygens (including phenoxy) is 1. The van der Waals surface area contributed by atoms with Crippen molar-refractivity contribution in [1.82, 2.24) is 15.7 Å². The van der Waals surface area contributed by atoms with Crippen LogP contribution in [0.3, 0.4) is 0 Å². The van der Waals surface area contributed by atoms with E-state index >= 15 is 0 Å². The molecule has 0 aliphatic carbocycles. The molecule has 3 N–H and O–H groups in total. The van der Waals surface area contributed by atoms with E-state index in [-0.39, 0.29) is 12.6 Å². The lowest BCUT2D eigenvalue weighted by atomic mass is 10.0. The van der Waals surface area contributed by atoms with E-state index in [1.54, 1.807) is 12.4 Å². The van der Waals surface area contributed by atoms with Crippen molar-refractivity contribution in [2.24, 2.45) is 0 Å². The number of amides is 3. The zero-order chi connectivity index (χ0) is 20.4. The van der Waals surface area contributed by atoms with Crippen LogP contribution in [0.5, 0.6) is 11.5 Å². The average Bonchev–Trinajstić information content (AvgIpc) is 3.03. The number of hydrogen-bond acceptors (Lipinski definition) is 4. The number of carbonyl (C=O) groups is 2. The Morgan fingerprint density at radius 3 is 2.52 bits per heavy atom. The van der Waals surface area contributed by atoms with E-state index in [9.17, 15) is 9.59 Å². The van der Waals surface area contributed by atoms with Crippen LogP contribution in [-0.4, -0.2) is 34.1 Å². The summed E-state index contributed by atoms with van der Waals surface area (Å²) in [5.74, 6) is 0.799. The Balaban J connectivity index is 1.42. The van der Waals surface area contributed by atoms with Crippen molar-refractivity contribution in [3.8, 4) is 11.5 Å². The molecule has 1 unspecified atom stereocenters. The highest BCUT2D eigenvalue weighted by Gasteiger charge is 2.44. The van der Waals surface area contributed by atoms with E-state index in [2.05, 4.69) is 11.4 Å². The van der Waals surface area contributed by atoms with Gasteiger partial charge in [-0.25, -0.2) is 10.3 Å². The van der Waals surface area contributed by atoms with Crippen LogP contribution in [0.15, 0.2) is 66.7 Å². The highest BCUT2D eigenvalue weighted by atomic mass is 16.5. The van der Waals surface area contributed by atoms with Crippen LogP contribution in [0, 0.1) is 0 Å². The maximum absolute atomic E-state index is 12.2. The largest absolute Gasteiger partial charge is 0.457 e. The lowest BCUT2D eigenvalue weighted by Gasteiger charge is -2.20. The molecule has 3 amide bonds. The van der Waals surface area contributed by atoms with Crippen molar-refractivity contribution >= 4 is 22.7 Å². The molecule has 3 aromatic carbocycles. The number of hydroxylamine groups is 1. The van der Waals surface area contributed by atoms with E-state index in [1.165, 1.54) is 4.90 Å². The van der Waals surface area contributed by atoms with Crippen LogP contribution in [0.25, 0.3) is 10.8 Å². The predicted molar refractivity (Wildman–Crippen MR) is 108 cm³/mol. The van der Waals surface area contributed by atoms with Gasteiger partial charge in [-0.1, -0.05) is 42.5 Å². The molecule has 1 heterocycles. The first-order chi connectivity index (χ1) is 14.0. The Labute approximate surface area is 167 Å². The molecule has 29 heavy (non-hydrogen) atoms. The van der Waals surface area contributed by atoms with Gasteiger partial charge in [0.1, 0.15) is 17.0 Å². The molecule has 1 aliphatic rings. The molecular weight excluding hydrogens is 370 g/mol. The SMILES string of the molecule is CC1(C(=O)NO)CN(Cc2ccc(Oc3ccc4ccccc4c3)cc2)C(=O)N1. The molecule has 1 saturated heterocycles. The summed E-state index contributed by atoms with van der Waals surface area (Å²) in [5.41, 5.74) is 1.34. The van der Waals surface area contributed by atoms with Crippen LogP contribution < -0.4 is 15.5 Å². The van der Waals surface area contributed by atoms with Gasteiger partial charge in [0.25, 0.3) is 5.91 Å². The Kier molecular flexibility index (Phi) is 4.82. The lowest BCUT2D eigenvalue weighted by molar-refractivity contribution is -0.134. The molecule has 0 aromatic heterocycles. The van der Waals surface area contributed by atoms with E-state index < -0.39 is 11.4 Å². The third-order valence-electron chi connectivity index (χ3n) is 5.03. The first-order valence-electron chi connectivity index (χ1n) is 9.24. The zero-order valence-corrected chi connectivity index (χ0v) is 15.9. The van der Waals surface area contributed by atoms with Gasteiger partial charge in [0.05, 0.1) is 6.54 Å². The highest BCUT2D eigenvalue weighted by molar-refractivity contribution is 5.93. The Hall–Kier alpha value is -3.58. The summed E-state index contributed by atoms with van der Waals surface area (Å²) in [5, 5.41) is 13.7. The zero-order valence-electron chi connectivity index (χ0n) is 15.9. The van der Waals surface area contributed by atoms with Crippen LogP contribution >= 0.6 is 0 Å². The summed E-state index contributed by atoms with van der Waals surface area (Å²) in [6.07, 6.45) is 0. The fourth-order valence-electron chi connectivity index (χ4n) is 3.44. The van der Waals surface area contributed by atoms with Gasteiger partial charge in [0, 0.05) is 6.54 Å². The molecule has 4 rings (SSSR count). The van der Waals surface area contributed by atoms with E-state index in [1.807, 2.05) is 60.7 Å². The van der Waals surface area contributed by atoms with E-state index in [4.69, 9.17) is 9.94 Å². The normalized spacial score (nSPS) is 18.6.